The summed E-state index contributed by atoms with van der Waals surface area (Å²) in [6, 6.07) is 22.8. The number of rotatable bonds is 8. The Labute approximate surface area is 175 Å². The van der Waals surface area contributed by atoms with Crippen molar-refractivity contribution in [3.05, 3.63) is 94.5 Å². The van der Waals surface area contributed by atoms with Crippen molar-refractivity contribution in [3.63, 3.8) is 0 Å². The molecule has 1 N–H and O–H groups in total. The number of benzene rings is 3. The van der Waals surface area contributed by atoms with E-state index in [0.29, 0.717) is 17.2 Å². The molecule has 1 atom stereocenters. The minimum Gasteiger partial charge on any atom is -0.455 e. The third-order valence-corrected chi connectivity index (χ3v) is 4.75. The van der Waals surface area contributed by atoms with Gasteiger partial charge in [0.2, 0.25) is 5.91 Å². The van der Waals surface area contributed by atoms with E-state index in [2.05, 4.69) is 5.32 Å². The maximum absolute atomic E-state index is 12.6. The van der Waals surface area contributed by atoms with E-state index in [1.54, 1.807) is 25.2 Å². The SMILES string of the molecule is CC(c1cccc([N+](=O)[O-])c1)N(C)CC(=O)Nc1ccccc1Oc1ccccc1. The van der Waals surface area contributed by atoms with Gasteiger partial charge in [0.25, 0.3) is 5.69 Å². The van der Waals surface area contributed by atoms with Crippen LogP contribution in [0.25, 0.3) is 0 Å². The Bertz CT molecular complexity index is 1020. The molecule has 0 aliphatic rings. The van der Waals surface area contributed by atoms with E-state index in [-0.39, 0.29) is 24.2 Å². The van der Waals surface area contributed by atoms with Gasteiger partial charge in [0, 0.05) is 18.2 Å². The summed E-state index contributed by atoms with van der Waals surface area (Å²) in [6.07, 6.45) is 0. The highest BCUT2D eigenvalue weighted by atomic mass is 16.6. The summed E-state index contributed by atoms with van der Waals surface area (Å²) in [6.45, 7) is 2.02. The second kappa shape index (κ2) is 9.67. The number of para-hydroxylation sites is 3. The Balaban J connectivity index is 1.65. The fourth-order valence-corrected chi connectivity index (χ4v) is 2.98. The second-order valence-corrected chi connectivity index (χ2v) is 6.90. The maximum atomic E-state index is 12.6. The van der Waals surface area contributed by atoms with Gasteiger partial charge in [-0.15, -0.1) is 0 Å². The van der Waals surface area contributed by atoms with Crippen LogP contribution in [0.1, 0.15) is 18.5 Å². The number of nitrogens with zero attached hydrogens (tertiary/aromatic N) is 2. The number of nitro groups is 1. The minimum atomic E-state index is -0.424. The molecule has 7 nitrogen and oxygen atoms in total. The van der Waals surface area contributed by atoms with Gasteiger partial charge in [-0.3, -0.25) is 19.8 Å². The first-order valence-electron chi connectivity index (χ1n) is 9.50. The van der Waals surface area contributed by atoms with Crippen molar-refractivity contribution in [2.45, 2.75) is 13.0 Å². The summed E-state index contributed by atoms with van der Waals surface area (Å²) in [5.74, 6) is 1.01. The minimum absolute atomic E-state index is 0.0317. The van der Waals surface area contributed by atoms with Gasteiger partial charge in [-0.1, -0.05) is 42.5 Å². The smallest absolute Gasteiger partial charge is 0.269 e. The molecule has 0 saturated heterocycles. The van der Waals surface area contributed by atoms with Crippen LogP contribution in [0.4, 0.5) is 11.4 Å². The number of hydrogen-bond donors (Lipinski definition) is 1. The van der Waals surface area contributed by atoms with E-state index >= 15 is 0 Å². The molecule has 0 spiro atoms. The predicted molar refractivity (Wildman–Crippen MR) is 116 cm³/mol. The zero-order valence-corrected chi connectivity index (χ0v) is 16.8. The second-order valence-electron chi connectivity index (χ2n) is 6.90. The number of carbonyl (C=O) groups is 1. The van der Waals surface area contributed by atoms with E-state index in [1.807, 2.05) is 60.4 Å². The first-order chi connectivity index (χ1) is 14.4. The van der Waals surface area contributed by atoms with Crippen LogP contribution in [0.15, 0.2) is 78.9 Å². The fraction of sp³-hybridized carbons (Fsp3) is 0.174. The molecule has 0 radical (unpaired) electrons. The van der Waals surface area contributed by atoms with Crippen LogP contribution in [0.2, 0.25) is 0 Å². The van der Waals surface area contributed by atoms with E-state index in [1.165, 1.54) is 12.1 Å². The number of non-ortho nitro benzene ring substituents is 1. The quantitative estimate of drug-likeness (QED) is 0.420. The first-order valence-corrected chi connectivity index (χ1v) is 9.50. The Hall–Kier alpha value is -3.71. The number of carbonyl (C=O) groups excluding carboxylic acids is 1. The van der Waals surface area contributed by atoms with Crippen LogP contribution in [0.5, 0.6) is 11.5 Å². The lowest BCUT2D eigenvalue weighted by molar-refractivity contribution is -0.384. The van der Waals surface area contributed by atoms with Crippen LogP contribution >= 0.6 is 0 Å². The van der Waals surface area contributed by atoms with Gasteiger partial charge in [-0.2, -0.15) is 0 Å². The molecular formula is C23H23N3O4. The summed E-state index contributed by atoms with van der Waals surface area (Å²) >= 11 is 0. The predicted octanol–water partition coefficient (Wildman–Crippen LogP) is 5.02. The molecule has 0 aromatic heterocycles. The van der Waals surface area contributed by atoms with E-state index in [0.717, 1.165) is 5.56 Å². The molecule has 0 heterocycles. The number of nitrogens with one attached hydrogen (secondary N) is 1. The topological polar surface area (TPSA) is 84.7 Å². The first kappa shape index (κ1) is 21.0. The molecule has 154 valence electrons. The number of anilines is 1. The third kappa shape index (κ3) is 5.42. The Morgan fingerprint density at radius 3 is 2.50 bits per heavy atom. The van der Waals surface area contributed by atoms with Gasteiger partial charge < -0.3 is 10.1 Å². The highest BCUT2D eigenvalue weighted by Crippen LogP contribution is 2.29. The van der Waals surface area contributed by atoms with Crippen molar-refractivity contribution in [1.29, 1.82) is 0 Å². The lowest BCUT2D eigenvalue weighted by atomic mass is 10.1. The third-order valence-electron chi connectivity index (χ3n) is 4.75. The largest absolute Gasteiger partial charge is 0.455 e. The van der Waals surface area contributed by atoms with Gasteiger partial charge in [0.15, 0.2) is 5.75 Å². The van der Waals surface area contributed by atoms with Crippen LogP contribution in [0.3, 0.4) is 0 Å². The number of amides is 1. The summed E-state index contributed by atoms with van der Waals surface area (Å²) < 4.78 is 5.88. The molecule has 0 aliphatic heterocycles. The standard InChI is InChI=1S/C23H23N3O4/c1-17(18-9-8-10-19(15-18)26(28)29)25(2)16-23(27)24-21-13-6-7-14-22(21)30-20-11-4-3-5-12-20/h3-15,17H,16H2,1-2H3,(H,24,27). The summed E-state index contributed by atoms with van der Waals surface area (Å²) in [7, 11) is 1.80. The van der Waals surface area contributed by atoms with Crippen LogP contribution < -0.4 is 10.1 Å². The van der Waals surface area contributed by atoms with Crippen LogP contribution in [0, 0.1) is 10.1 Å². The number of nitro benzene ring substituents is 1. The molecule has 0 saturated carbocycles. The molecule has 0 bridgehead atoms. The fourth-order valence-electron chi connectivity index (χ4n) is 2.98. The highest BCUT2D eigenvalue weighted by molar-refractivity contribution is 5.93. The molecular weight excluding hydrogens is 382 g/mol. The van der Waals surface area contributed by atoms with Gasteiger partial charge in [-0.05, 0) is 43.8 Å². The van der Waals surface area contributed by atoms with Crippen molar-refractivity contribution in [2.24, 2.45) is 0 Å². The lowest BCUT2D eigenvalue weighted by Crippen LogP contribution is -2.32. The molecule has 30 heavy (non-hydrogen) atoms. The molecule has 7 heteroatoms. The van der Waals surface area contributed by atoms with Crippen LogP contribution in [-0.2, 0) is 4.79 Å². The molecule has 0 aliphatic carbocycles. The zero-order valence-electron chi connectivity index (χ0n) is 16.8. The monoisotopic (exact) mass is 405 g/mol. The van der Waals surface area contributed by atoms with Crippen molar-refractivity contribution < 1.29 is 14.5 Å². The van der Waals surface area contributed by atoms with Crippen molar-refractivity contribution in [3.8, 4) is 11.5 Å². The molecule has 0 fully saturated rings. The normalized spacial score (nSPS) is 11.7. The van der Waals surface area contributed by atoms with Crippen LogP contribution in [-0.4, -0.2) is 29.3 Å². The van der Waals surface area contributed by atoms with Gasteiger partial charge >= 0.3 is 0 Å². The highest BCUT2D eigenvalue weighted by Gasteiger charge is 2.18. The molecule has 3 rings (SSSR count). The maximum Gasteiger partial charge on any atom is 0.269 e. The van der Waals surface area contributed by atoms with Gasteiger partial charge in [-0.25, -0.2) is 0 Å². The number of ether oxygens (including phenoxy) is 1. The molecule has 1 unspecified atom stereocenters. The summed E-state index contributed by atoms with van der Waals surface area (Å²) in [4.78, 5) is 25.0. The van der Waals surface area contributed by atoms with E-state index in [4.69, 9.17) is 4.74 Å². The summed E-state index contributed by atoms with van der Waals surface area (Å²) in [5, 5.41) is 13.9. The van der Waals surface area contributed by atoms with Gasteiger partial charge in [0.05, 0.1) is 17.2 Å². The number of likely N-dealkylation sites (N-methyl/N-ethyl adjacent to an activating group) is 1. The van der Waals surface area contributed by atoms with Crippen molar-refractivity contribution >= 4 is 17.3 Å². The van der Waals surface area contributed by atoms with Crippen molar-refractivity contribution in [1.82, 2.24) is 4.90 Å². The van der Waals surface area contributed by atoms with Gasteiger partial charge in [0.1, 0.15) is 5.75 Å². The van der Waals surface area contributed by atoms with E-state index in [9.17, 15) is 14.9 Å². The lowest BCUT2D eigenvalue weighted by Gasteiger charge is -2.24. The average molecular weight is 405 g/mol. The summed E-state index contributed by atoms with van der Waals surface area (Å²) in [5.41, 5.74) is 1.37. The van der Waals surface area contributed by atoms with E-state index < -0.39 is 4.92 Å². The average Bonchev–Trinajstić information content (AvgIpc) is 2.75. The number of hydrogen-bond acceptors (Lipinski definition) is 5. The Kier molecular flexibility index (Phi) is 6.77. The Morgan fingerprint density at radius 2 is 1.77 bits per heavy atom. The Morgan fingerprint density at radius 1 is 1.07 bits per heavy atom. The molecule has 3 aromatic rings. The zero-order chi connectivity index (χ0) is 21.5. The van der Waals surface area contributed by atoms with Crippen molar-refractivity contribution in [2.75, 3.05) is 18.9 Å². The molecule has 1 amide bonds. The molecule has 3 aromatic carbocycles.